The van der Waals surface area contributed by atoms with Crippen LogP contribution in [0.5, 0.6) is 0 Å². The van der Waals surface area contributed by atoms with E-state index in [1.165, 1.54) is 13.1 Å². The van der Waals surface area contributed by atoms with E-state index in [-0.39, 0.29) is 5.78 Å². The minimum Gasteiger partial charge on any atom is -0.454 e. The summed E-state index contributed by atoms with van der Waals surface area (Å²) in [5, 5.41) is 0. The maximum Gasteiger partial charge on any atom is 0.303 e. The highest BCUT2D eigenvalue weighted by molar-refractivity contribution is 9.10. The van der Waals surface area contributed by atoms with E-state index in [1.54, 1.807) is 6.20 Å². The average molecular weight is 284 g/mol. The lowest BCUT2D eigenvalue weighted by atomic mass is 9.90. The molecule has 5 heteroatoms. The van der Waals surface area contributed by atoms with Crippen LogP contribution in [0.2, 0.25) is 0 Å². The van der Waals surface area contributed by atoms with Gasteiger partial charge in [-0.15, -0.1) is 0 Å². The molecule has 0 aromatic carbocycles. The van der Waals surface area contributed by atoms with Crippen molar-refractivity contribution in [2.75, 3.05) is 0 Å². The molecular weight excluding hydrogens is 274 g/mol. The van der Waals surface area contributed by atoms with Crippen molar-refractivity contribution in [2.45, 2.75) is 25.9 Å². The number of ketones is 1. The third kappa shape index (κ3) is 2.00. The summed E-state index contributed by atoms with van der Waals surface area (Å²) in [6.07, 6.45) is 3.79. The van der Waals surface area contributed by atoms with Crippen LogP contribution in [0.4, 0.5) is 0 Å². The van der Waals surface area contributed by atoms with Gasteiger partial charge in [0.05, 0.1) is 0 Å². The third-order valence-corrected chi connectivity index (χ3v) is 3.21. The monoisotopic (exact) mass is 283 g/mol. The second-order valence-electron chi connectivity index (χ2n) is 3.65. The zero-order chi connectivity index (χ0) is 11.7. The molecule has 84 valence electrons. The normalized spacial score (nSPS) is 19.1. The van der Waals surface area contributed by atoms with E-state index in [0.717, 1.165) is 10.0 Å². The minimum atomic E-state index is -0.652. The van der Waals surface area contributed by atoms with E-state index >= 15 is 0 Å². The van der Waals surface area contributed by atoms with E-state index in [4.69, 9.17) is 4.74 Å². The topological polar surface area (TPSA) is 56.3 Å². The Morgan fingerprint density at radius 2 is 2.31 bits per heavy atom. The second-order valence-corrected chi connectivity index (χ2v) is 4.50. The summed E-state index contributed by atoms with van der Waals surface area (Å²) < 4.78 is 5.80. The molecule has 1 aliphatic carbocycles. The molecule has 0 radical (unpaired) electrons. The van der Waals surface area contributed by atoms with Crippen molar-refractivity contribution in [1.82, 2.24) is 4.98 Å². The Hall–Kier alpha value is -1.23. The number of carbonyl (C=O) groups excluding carboxylic acids is 2. The number of Topliss-reactive ketones (excluding diaryl/α,β-unsaturated/α-hetero) is 1. The van der Waals surface area contributed by atoms with Crippen molar-refractivity contribution >= 4 is 27.7 Å². The lowest BCUT2D eigenvalue weighted by molar-refractivity contribution is -0.144. The number of pyridine rings is 1. The van der Waals surface area contributed by atoms with Gasteiger partial charge < -0.3 is 4.74 Å². The van der Waals surface area contributed by atoms with Crippen molar-refractivity contribution < 1.29 is 14.3 Å². The van der Waals surface area contributed by atoms with Crippen LogP contribution in [0.25, 0.3) is 0 Å². The largest absolute Gasteiger partial charge is 0.454 e. The van der Waals surface area contributed by atoms with Crippen LogP contribution >= 0.6 is 15.9 Å². The van der Waals surface area contributed by atoms with Gasteiger partial charge in [-0.3, -0.25) is 14.6 Å². The zero-order valence-electron chi connectivity index (χ0n) is 8.70. The van der Waals surface area contributed by atoms with Crippen LogP contribution < -0.4 is 0 Å². The fourth-order valence-corrected chi connectivity index (χ4v) is 2.35. The molecule has 0 saturated carbocycles. The lowest BCUT2D eigenvalue weighted by Crippen LogP contribution is -2.32. The summed E-state index contributed by atoms with van der Waals surface area (Å²) in [6.45, 7) is 1.31. The van der Waals surface area contributed by atoms with E-state index < -0.39 is 12.1 Å². The smallest absolute Gasteiger partial charge is 0.303 e. The molecule has 0 fully saturated rings. The SMILES string of the molecule is CC(=O)OC1CCc2c(Br)cncc2C1=O. The number of aromatic nitrogens is 1. The molecule has 1 heterocycles. The Bertz CT molecular complexity index is 459. The van der Waals surface area contributed by atoms with Crippen molar-refractivity contribution in [3.8, 4) is 0 Å². The molecule has 16 heavy (non-hydrogen) atoms. The molecule has 1 aromatic rings. The second kappa shape index (κ2) is 4.33. The molecule has 0 aliphatic heterocycles. The minimum absolute atomic E-state index is 0.162. The molecule has 0 N–H and O–H groups in total. The van der Waals surface area contributed by atoms with Crippen molar-refractivity contribution in [1.29, 1.82) is 0 Å². The van der Waals surface area contributed by atoms with E-state index in [1.807, 2.05) is 0 Å². The van der Waals surface area contributed by atoms with Gasteiger partial charge in [-0.2, -0.15) is 0 Å². The summed E-state index contributed by atoms with van der Waals surface area (Å²) in [5.74, 6) is -0.588. The van der Waals surface area contributed by atoms with Gasteiger partial charge in [-0.05, 0) is 34.3 Å². The van der Waals surface area contributed by atoms with Gasteiger partial charge in [0.25, 0.3) is 0 Å². The summed E-state index contributed by atoms with van der Waals surface area (Å²) in [4.78, 5) is 26.8. The summed E-state index contributed by atoms with van der Waals surface area (Å²) in [6, 6.07) is 0. The number of nitrogens with zero attached hydrogens (tertiary/aromatic N) is 1. The molecule has 1 aromatic heterocycles. The van der Waals surface area contributed by atoms with E-state index in [0.29, 0.717) is 18.4 Å². The Labute approximate surface area is 101 Å². The quantitative estimate of drug-likeness (QED) is 0.739. The Balaban J connectivity index is 2.32. The van der Waals surface area contributed by atoms with Gasteiger partial charge in [0.2, 0.25) is 5.78 Å². The fourth-order valence-electron chi connectivity index (χ4n) is 1.82. The number of carbonyl (C=O) groups is 2. The highest BCUT2D eigenvalue weighted by atomic mass is 79.9. The molecule has 1 atom stereocenters. The maximum absolute atomic E-state index is 12.0. The van der Waals surface area contributed by atoms with Crippen LogP contribution in [0, 0.1) is 0 Å². The van der Waals surface area contributed by atoms with E-state index in [2.05, 4.69) is 20.9 Å². The molecule has 0 saturated heterocycles. The van der Waals surface area contributed by atoms with Crippen LogP contribution in [-0.4, -0.2) is 22.8 Å². The number of hydrogen-bond acceptors (Lipinski definition) is 4. The van der Waals surface area contributed by atoms with Crippen LogP contribution in [0.1, 0.15) is 29.3 Å². The first-order valence-electron chi connectivity index (χ1n) is 4.93. The highest BCUT2D eigenvalue weighted by Crippen LogP contribution is 2.28. The van der Waals surface area contributed by atoms with E-state index in [9.17, 15) is 9.59 Å². The summed E-state index contributed by atoms with van der Waals surface area (Å²) >= 11 is 3.36. The molecular formula is C11H10BrNO3. The van der Waals surface area contributed by atoms with Crippen molar-refractivity contribution in [3.63, 3.8) is 0 Å². The Kier molecular flexibility index (Phi) is 3.05. The molecule has 1 unspecified atom stereocenters. The van der Waals surface area contributed by atoms with Gasteiger partial charge in [0, 0.05) is 29.4 Å². The van der Waals surface area contributed by atoms with Gasteiger partial charge in [0.15, 0.2) is 6.10 Å². The summed E-state index contributed by atoms with van der Waals surface area (Å²) in [5.41, 5.74) is 1.50. The lowest BCUT2D eigenvalue weighted by Gasteiger charge is -2.23. The first-order chi connectivity index (χ1) is 7.59. The molecule has 4 nitrogen and oxygen atoms in total. The standard InChI is InChI=1S/C11H10BrNO3/c1-6(14)16-10-3-2-7-8(11(10)15)4-13-5-9(7)12/h4-5,10H,2-3H2,1H3. The predicted octanol–water partition coefficient (Wildman–Crippen LogP) is 1.90. The van der Waals surface area contributed by atoms with Crippen molar-refractivity contribution in [2.24, 2.45) is 0 Å². The molecule has 0 bridgehead atoms. The van der Waals surface area contributed by atoms with Crippen LogP contribution in [-0.2, 0) is 16.0 Å². The van der Waals surface area contributed by atoms with Gasteiger partial charge in [-0.25, -0.2) is 0 Å². The average Bonchev–Trinajstić information content (AvgIpc) is 2.23. The number of halogens is 1. The summed E-state index contributed by atoms with van der Waals surface area (Å²) in [7, 11) is 0. The Morgan fingerprint density at radius 1 is 1.56 bits per heavy atom. The van der Waals surface area contributed by atoms with Gasteiger partial charge >= 0.3 is 5.97 Å². The number of ether oxygens (including phenoxy) is 1. The predicted molar refractivity (Wildman–Crippen MR) is 60.1 cm³/mol. The molecule has 0 spiro atoms. The van der Waals surface area contributed by atoms with Gasteiger partial charge in [0.1, 0.15) is 0 Å². The zero-order valence-corrected chi connectivity index (χ0v) is 10.3. The first-order valence-corrected chi connectivity index (χ1v) is 5.72. The fraction of sp³-hybridized carbons (Fsp3) is 0.364. The number of fused-ring (bicyclic) bond motifs is 1. The number of rotatable bonds is 1. The first kappa shape index (κ1) is 11.3. The molecule has 0 amide bonds. The molecule has 1 aliphatic rings. The van der Waals surface area contributed by atoms with Crippen molar-refractivity contribution in [3.05, 3.63) is 28.0 Å². The van der Waals surface area contributed by atoms with Crippen LogP contribution in [0.3, 0.4) is 0 Å². The number of hydrogen-bond donors (Lipinski definition) is 0. The van der Waals surface area contributed by atoms with Crippen LogP contribution in [0.15, 0.2) is 16.9 Å². The molecule has 2 rings (SSSR count). The number of esters is 1. The maximum atomic E-state index is 12.0. The third-order valence-electron chi connectivity index (χ3n) is 2.53. The van der Waals surface area contributed by atoms with Gasteiger partial charge in [-0.1, -0.05) is 0 Å². The Morgan fingerprint density at radius 3 is 3.00 bits per heavy atom. The highest BCUT2D eigenvalue weighted by Gasteiger charge is 2.30.